The zero-order chi connectivity index (χ0) is 12.8. The highest BCUT2D eigenvalue weighted by molar-refractivity contribution is 5.11. The summed E-state index contributed by atoms with van der Waals surface area (Å²) in [5.74, 6) is 0. The van der Waals surface area contributed by atoms with Crippen LogP contribution in [0.2, 0.25) is 0 Å². The van der Waals surface area contributed by atoms with Crippen LogP contribution in [0.3, 0.4) is 0 Å². The van der Waals surface area contributed by atoms with Gasteiger partial charge in [-0.25, -0.2) is 0 Å². The summed E-state index contributed by atoms with van der Waals surface area (Å²) >= 11 is 0. The van der Waals surface area contributed by atoms with Gasteiger partial charge in [-0.3, -0.25) is 9.88 Å². The van der Waals surface area contributed by atoms with Crippen molar-refractivity contribution in [2.45, 2.75) is 51.7 Å². The lowest BCUT2D eigenvalue weighted by atomic mass is 9.92. The van der Waals surface area contributed by atoms with E-state index < -0.39 is 0 Å². The van der Waals surface area contributed by atoms with Crippen LogP contribution in [0.15, 0.2) is 18.2 Å². The molecule has 1 aromatic heterocycles. The van der Waals surface area contributed by atoms with E-state index in [0.29, 0.717) is 0 Å². The van der Waals surface area contributed by atoms with Gasteiger partial charge in [0.1, 0.15) is 0 Å². The molecule has 0 atom stereocenters. The molecule has 3 nitrogen and oxygen atoms in total. The zero-order valence-corrected chi connectivity index (χ0v) is 11.7. The lowest BCUT2D eigenvalue weighted by Gasteiger charge is -2.34. The second-order valence-electron chi connectivity index (χ2n) is 5.30. The van der Waals surface area contributed by atoms with E-state index in [9.17, 15) is 0 Å². The maximum Gasteiger partial charge on any atom is 0.0547 e. The highest BCUT2D eigenvalue weighted by Gasteiger charge is 2.21. The Labute approximate surface area is 111 Å². The van der Waals surface area contributed by atoms with Crippen LogP contribution in [-0.2, 0) is 13.1 Å². The van der Waals surface area contributed by atoms with Crippen LogP contribution in [0.5, 0.6) is 0 Å². The summed E-state index contributed by atoms with van der Waals surface area (Å²) in [6.45, 7) is 5.11. The molecule has 2 rings (SSSR count). The topological polar surface area (TPSA) is 28.2 Å². The molecular formula is C15H25N3. The van der Waals surface area contributed by atoms with Gasteiger partial charge in [-0.1, -0.05) is 19.4 Å². The van der Waals surface area contributed by atoms with Crippen LogP contribution in [0.25, 0.3) is 0 Å². The molecule has 0 aliphatic heterocycles. The van der Waals surface area contributed by atoms with Crippen molar-refractivity contribution in [3.63, 3.8) is 0 Å². The van der Waals surface area contributed by atoms with Gasteiger partial charge >= 0.3 is 0 Å². The van der Waals surface area contributed by atoms with Gasteiger partial charge in [0.05, 0.1) is 11.4 Å². The van der Waals surface area contributed by atoms with Crippen LogP contribution in [0.1, 0.15) is 44.0 Å². The fraction of sp³-hybridized carbons (Fsp3) is 0.667. The molecule has 1 saturated carbocycles. The van der Waals surface area contributed by atoms with Gasteiger partial charge in [-0.2, -0.15) is 0 Å². The van der Waals surface area contributed by atoms with Crippen molar-refractivity contribution in [3.05, 3.63) is 29.6 Å². The molecule has 0 unspecified atom stereocenters. The Balaban J connectivity index is 1.85. The van der Waals surface area contributed by atoms with E-state index in [1.807, 2.05) is 0 Å². The average Bonchev–Trinajstić information content (AvgIpc) is 2.27. The van der Waals surface area contributed by atoms with Crippen molar-refractivity contribution in [3.8, 4) is 0 Å². The van der Waals surface area contributed by atoms with Crippen molar-refractivity contribution in [1.29, 1.82) is 0 Å². The van der Waals surface area contributed by atoms with Crippen molar-refractivity contribution in [1.82, 2.24) is 15.2 Å². The third kappa shape index (κ3) is 3.79. The van der Waals surface area contributed by atoms with E-state index in [1.165, 1.54) is 31.4 Å². The van der Waals surface area contributed by atoms with Crippen LogP contribution in [-0.4, -0.2) is 29.5 Å². The Morgan fingerprint density at radius 3 is 2.78 bits per heavy atom. The van der Waals surface area contributed by atoms with E-state index in [2.05, 4.69) is 42.4 Å². The first-order valence-electron chi connectivity index (χ1n) is 7.15. The number of hydrogen-bond donors (Lipinski definition) is 1. The molecule has 18 heavy (non-hydrogen) atoms. The first-order valence-corrected chi connectivity index (χ1v) is 7.15. The molecule has 0 radical (unpaired) electrons. The maximum absolute atomic E-state index is 4.72. The number of aromatic nitrogens is 1. The van der Waals surface area contributed by atoms with E-state index >= 15 is 0 Å². The summed E-state index contributed by atoms with van der Waals surface area (Å²) in [6.07, 6.45) is 5.27. The minimum absolute atomic E-state index is 0.786. The van der Waals surface area contributed by atoms with E-state index in [0.717, 1.165) is 31.4 Å². The quantitative estimate of drug-likeness (QED) is 0.751. The Bertz CT molecular complexity index is 361. The standard InChI is InChI=1S/C15H25N3/c1-3-10-16-11-13-6-4-7-14(17-13)12-18(2)15-8-5-9-15/h4,6-7,15-16H,3,5,8-12H2,1-2H3. The van der Waals surface area contributed by atoms with Crippen LogP contribution >= 0.6 is 0 Å². The second kappa shape index (κ2) is 6.86. The van der Waals surface area contributed by atoms with E-state index in [-0.39, 0.29) is 0 Å². The third-order valence-corrected chi connectivity index (χ3v) is 3.71. The molecule has 1 aliphatic rings. The highest BCUT2D eigenvalue weighted by Crippen LogP contribution is 2.24. The minimum Gasteiger partial charge on any atom is -0.311 e. The number of hydrogen-bond acceptors (Lipinski definition) is 3. The summed E-state index contributed by atoms with van der Waals surface area (Å²) < 4.78 is 0. The molecule has 0 spiro atoms. The van der Waals surface area contributed by atoms with Crippen molar-refractivity contribution < 1.29 is 0 Å². The smallest absolute Gasteiger partial charge is 0.0547 e. The molecule has 3 heteroatoms. The minimum atomic E-state index is 0.786. The molecule has 1 aromatic rings. The number of nitrogens with zero attached hydrogens (tertiary/aromatic N) is 2. The van der Waals surface area contributed by atoms with E-state index in [1.54, 1.807) is 0 Å². The Kier molecular flexibility index (Phi) is 5.14. The summed E-state index contributed by atoms with van der Waals surface area (Å²) in [6, 6.07) is 7.15. The normalized spacial score (nSPS) is 15.9. The van der Waals surface area contributed by atoms with Gasteiger partial charge < -0.3 is 5.32 Å². The van der Waals surface area contributed by atoms with Gasteiger partial charge in [0, 0.05) is 19.1 Å². The highest BCUT2D eigenvalue weighted by atomic mass is 15.1. The SMILES string of the molecule is CCCNCc1cccc(CN(C)C2CCC2)n1. The second-order valence-corrected chi connectivity index (χ2v) is 5.30. The van der Waals surface area contributed by atoms with Gasteiger partial charge in [-0.05, 0) is 45.0 Å². The molecule has 0 aromatic carbocycles. The van der Waals surface area contributed by atoms with Crippen molar-refractivity contribution >= 4 is 0 Å². The third-order valence-electron chi connectivity index (χ3n) is 3.71. The fourth-order valence-electron chi connectivity index (χ4n) is 2.32. The Hall–Kier alpha value is -0.930. The lowest BCUT2D eigenvalue weighted by Crippen LogP contribution is -2.36. The largest absolute Gasteiger partial charge is 0.311 e. The number of nitrogens with one attached hydrogen (secondary N) is 1. The summed E-state index contributed by atoms with van der Waals surface area (Å²) in [5, 5.41) is 3.40. The predicted octanol–water partition coefficient (Wildman–Crippen LogP) is 2.57. The number of rotatable bonds is 7. The fourth-order valence-corrected chi connectivity index (χ4v) is 2.32. The van der Waals surface area contributed by atoms with Gasteiger partial charge in [0.2, 0.25) is 0 Å². The van der Waals surface area contributed by atoms with Gasteiger partial charge in [0.25, 0.3) is 0 Å². The van der Waals surface area contributed by atoms with Crippen LogP contribution in [0.4, 0.5) is 0 Å². The zero-order valence-electron chi connectivity index (χ0n) is 11.7. The molecule has 0 bridgehead atoms. The molecule has 1 aliphatic carbocycles. The summed E-state index contributed by atoms with van der Waals surface area (Å²) in [4.78, 5) is 7.16. The maximum atomic E-state index is 4.72. The molecule has 0 saturated heterocycles. The molecule has 1 heterocycles. The Morgan fingerprint density at radius 1 is 1.33 bits per heavy atom. The lowest BCUT2D eigenvalue weighted by molar-refractivity contribution is 0.151. The first-order chi connectivity index (χ1) is 8.79. The molecule has 1 fully saturated rings. The van der Waals surface area contributed by atoms with E-state index in [4.69, 9.17) is 4.98 Å². The van der Waals surface area contributed by atoms with Crippen LogP contribution in [0, 0.1) is 0 Å². The summed E-state index contributed by atoms with van der Waals surface area (Å²) in [5.41, 5.74) is 2.35. The Morgan fingerprint density at radius 2 is 2.11 bits per heavy atom. The average molecular weight is 247 g/mol. The van der Waals surface area contributed by atoms with Crippen molar-refractivity contribution in [2.24, 2.45) is 0 Å². The van der Waals surface area contributed by atoms with Crippen molar-refractivity contribution in [2.75, 3.05) is 13.6 Å². The van der Waals surface area contributed by atoms with Gasteiger partial charge in [0.15, 0.2) is 0 Å². The molecular weight excluding hydrogens is 222 g/mol. The molecule has 0 amide bonds. The first kappa shape index (κ1) is 13.5. The molecule has 100 valence electrons. The van der Waals surface area contributed by atoms with Gasteiger partial charge in [-0.15, -0.1) is 0 Å². The number of pyridine rings is 1. The van der Waals surface area contributed by atoms with Crippen LogP contribution < -0.4 is 5.32 Å². The monoisotopic (exact) mass is 247 g/mol. The molecule has 1 N–H and O–H groups in total. The summed E-state index contributed by atoms with van der Waals surface area (Å²) in [7, 11) is 2.22. The predicted molar refractivity (Wildman–Crippen MR) is 75.3 cm³/mol.